The molecular weight excluding hydrogens is 508 g/mol. The summed E-state index contributed by atoms with van der Waals surface area (Å²) in [6.45, 7) is -0.775. The molecule has 1 aliphatic rings. The van der Waals surface area contributed by atoms with Gasteiger partial charge in [0.25, 0.3) is 5.91 Å². The van der Waals surface area contributed by atoms with Crippen molar-refractivity contribution in [3.8, 4) is 0 Å². The molecule has 1 saturated carbocycles. The molecule has 0 saturated heterocycles. The van der Waals surface area contributed by atoms with Gasteiger partial charge in [0, 0.05) is 23.7 Å². The van der Waals surface area contributed by atoms with Gasteiger partial charge in [0.2, 0.25) is 5.95 Å². The molecule has 0 bridgehead atoms. The Morgan fingerprint density at radius 1 is 0.897 bits per heavy atom. The van der Waals surface area contributed by atoms with Crippen molar-refractivity contribution in [1.82, 2.24) is 25.5 Å². The number of nitrogens with one attached hydrogen (secondary N) is 4. The number of halogens is 2. The van der Waals surface area contributed by atoms with E-state index >= 15 is 0 Å². The molecule has 1 amide bonds. The number of nitrogens with zero attached hydrogens (tertiary/aromatic N) is 3. The second-order valence-corrected chi connectivity index (χ2v) is 9.26. The lowest BCUT2D eigenvalue weighted by molar-refractivity contribution is 0.0911. The molecule has 5 rings (SSSR count). The van der Waals surface area contributed by atoms with Gasteiger partial charge in [-0.05, 0) is 48.2 Å². The fourth-order valence-electron chi connectivity index (χ4n) is 4.07. The van der Waals surface area contributed by atoms with Crippen LogP contribution in [0.4, 0.5) is 26.4 Å². The van der Waals surface area contributed by atoms with E-state index in [9.17, 15) is 23.8 Å². The Bertz CT molecular complexity index is 1430. The summed E-state index contributed by atoms with van der Waals surface area (Å²) in [5.74, 6) is -0.231. The van der Waals surface area contributed by atoms with Gasteiger partial charge in [-0.15, -0.1) is 0 Å². The van der Waals surface area contributed by atoms with Gasteiger partial charge in [0.05, 0.1) is 25.3 Å². The van der Waals surface area contributed by atoms with Crippen LogP contribution in [0.5, 0.6) is 0 Å². The van der Waals surface area contributed by atoms with E-state index in [4.69, 9.17) is 0 Å². The van der Waals surface area contributed by atoms with Crippen molar-refractivity contribution < 1.29 is 23.8 Å². The maximum Gasteiger partial charge on any atom is 0.270 e. The van der Waals surface area contributed by atoms with Crippen molar-refractivity contribution >= 4 is 23.5 Å². The Morgan fingerprint density at radius 2 is 1.51 bits per heavy atom. The maximum atomic E-state index is 13.4. The number of aromatic amines is 1. The van der Waals surface area contributed by atoms with E-state index in [1.54, 1.807) is 0 Å². The number of benzene rings is 2. The lowest BCUT2D eigenvalue weighted by Gasteiger charge is -2.19. The Balaban J connectivity index is 1.42. The van der Waals surface area contributed by atoms with Crippen molar-refractivity contribution in [2.24, 2.45) is 0 Å². The predicted octanol–water partition coefficient (Wildman–Crippen LogP) is 3.71. The molecule has 2 aromatic carbocycles. The highest BCUT2D eigenvalue weighted by molar-refractivity contribution is 5.93. The second-order valence-electron chi connectivity index (χ2n) is 9.26. The third-order valence-corrected chi connectivity index (χ3v) is 6.35. The number of carbonyl (C=O) groups excluding carboxylic acids is 1. The first kappa shape index (κ1) is 26.2. The first-order valence-electron chi connectivity index (χ1n) is 12.4. The minimum atomic E-state index is -0.808. The van der Waals surface area contributed by atoms with Crippen LogP contribution in [-0.4, -0.2) is 49.5 Å². The van der Waals surface area contributed by atoms with Gasteiger partial charge >= 0.3 is 0 Å². The third kappa shape index (κ3) is 6.54. The smallest absolute Gasteiger partial charge is 0.270 e. The molecule has 39 heavy (non-hydrogen) atoms. The van der Waals surface area contributed by atoms with Crippen LogP contribution in [0.2, 0.25) is 0 Å². The van der Waals surface area contributed by atoms with Crippen LogP contribution in [0, 0.1) is 11.6 Å². The van der Waals surface area contributed by atoms with E-state index in [-0.39, 0.29) is 24.1 Å². The van der Waals surface area contributed by atoms with Crippen molar-refractivity contribution in [1.29, 1.82) is 0 Å². The minimum absolute atomic E-state index is 0.0220. The number of hydrogen-bond acceptors (Lipinski definition) is 8. The number of H-pyrrole nitrogens is 1. The summed E-state index contributed by atoms with van der Waals surface area (Å²) in [6.07, 6.45) is 2.19. The summed E-state index contributed by atoms with van der Waals surface area (Å²) in [7, 11) is 0. The second kappa shape index (κ2) is 11.5. The highest BCUT2D eigenvalue weighted by atomic mass is 19.1. The number of carbonyl (C=O) groups is 1. The summed E-state index contributed by atoms with van der Waals surface area (Å²) in [4.78, 5) is 22.0. The summed E-state index contributed by atoms with van der Waals surface area (Å²) in [6, 6.07) is 12.8. The summed E-state index contributed by atoms with van der Waals surface area (Å²) in [5.41, 5.74) is 2.07. The Morgan fingerprint density at radius 3 is 2.10 bits per heavy atom. The average molecular weight is 536 g/mol. The summed E-state index contributed by atoms with van der Waals surface area (Å²) in [5, 5.41) is 35.9. The van der Waals surface area contributed by atoms with Crippen molar-refractivity contribution in [3.05, 3.63) is 94.8 Å². The fraction of sp³-hybridized carbons (Fsp3) is 0.259. The van der Waals surface area contributed by atoms with Crippen LogP contribution >= 0.6 is 0 Å². The van der Waals surface area contributed by atoms with Crippen molar-refractivity contribution in [2.45, 2.75) is 30.8 Å². The van der Waals surface area contributed by atoms with Crippen LogP contribution in [-0.2, 0) is 0 Å². The van der Waals surface area contributed by atoms with Gasteiger partial charge in [-0.25, -0.2) is 13.8 Å². The first-order valence-corrected chi connectivity index (χ1v) is 12.4. The Kier molecular flexibility index (Phi) is 7.75. The monoisotopic (exact) mass is 535 g/mol. The molecule has 2 atom stereocenters. The summed E-state index contributed by atoms with van der Waals surface area (Å²) < 4.78 is 26.8. The molecule has 4 aromatic rings. The van der Waals surface area contributed by atoms with E-state index in [1.807, 2.05) is 6.07 Å². The fourth-order valence-corrected chi connectivity index (χ4v) is 4.07. The number of aliphatic hydroxyl groups excluding tert-OH is 2. The normalized spacial score (nSPS) is 14.5. The van der Waals surface area contributed by atoms with E-state index in [1.165, 1.54) is 54.6 Å². The van der Waals surface area contributed by atoms with E-state index in [0.29, 0.717) is 22.9 Å². The zero-order chi connectivity index (χ0) is 27.4. The maximum absolute atomic E-state index is 13.4. The van der Waals surface area contributed by atoms with Crippen LogP contribution in [0.15, 0.2) is 60.7 Å². The quantitative estimate of drug-likeness (QED) is 0.170. The van der Waals surface area contributed by atoms with Gasteiger partial charge in [-0.3, -0.25) is 9.89 Å². The molecule has 0 unspecified atom stereocenters. The molecule has 1 fully saturated rings. The first-order chi connectivity index (χ1) is 18.9. The van der Waals surface area contributed by atoms with Gasteiger partial charge in [0.15, 0.2) is 5.82 Å². The van der Waals surface area contributed by atoms with Crippen LogP contribution < -0.4 is 16.0 Å². The number of aliphatic hydroxyl groups is 2. The zero-order valence-electron chi connectivity index (χ0n) is 20.7. The number of aromatic nitrogens is 4. The Labute approximate surface area is 222 Å². The lowest BCUT2D eigenvalue weighted by atomic mass is 10.1. The number of anilines is 3. The molecule has 2 heterocycles. The summed E-state index contributed by atoms with van der Waals surface area (Å²) >= 11 is 0. The van der Waals surface area contributed by atoms with Crippen LogP contribution in [0.25, 0.3) is 0 Å². The van der Waals surface area contributed by atoms with Crippen LogP contribution in [0.1, 0.15) is 58.2 Å². The molecule has 202 valence electrons. The molecule has 0 spiro atoms. The zero-order valence-corrected chi connectivity index (χ0v) is 20.7. The van der Waals surface area contributed by atoms with Gasteiger partial charge in [0.1, 0.15) is 23.1 Å². The molecule has 10 nitrogen and oxygen atoms in total. The standard InChI is InChI=1S/C27H27F2N7O3/c28-18-7-3-16(4-8-18)22(13-37)30-26(39)21-12-24(33-25-11-20(35-36-25)15-1-2-15)34-27(31-21)32-23(14-38)17-5-9-19(29)10-6-17/h3-12,15,22-23,37-38H,1-2,13-14H2,(H,30,39)(H3,31,32,33,34,35,36)/t22-,23-/m0/s1. The average Bonchev–Trinajstić information content (AvgIpc) is 3.69. The molecule has 12 heteroatoms. The van der Waals surface area contributed by atoms with Crippen molar-refractivity contribution in [2.75, 3.05) is 23.8 Å². The third-order valence-electron chi connectivity index (χ3n) is 6.35. The largest absolute Gasteiger partial charge is 0.394 e. The van der Waals surface area contributed by atoms with E-state index < -0.39 is 36.2 Å². The van der Waals surface area contributed by atoms with Gasteiger partial charge in [-0.1, -0.05) is 24.3 Å². The van der Waals surface area contributed by atoms with E-state index in [2.05, 4.69) is 36.1 Å². The van der Waals surface area contributed by atoms with Crippen molar-refractivity contribution in [3.63, 3.8) is 0 Å². The molecule has 0 aliphatic heterocycles. The molecular formula is C27H27F2N7O3. The topological polar surface area (TPSA) is 148 Å². The highest BCUT2D eigenvalue weighted by Gasteiger charge is 2.26. The molecule has 1 aliphatic carbocycles. The molecule has 6 N–H and O–H groups in total. The lowest BCUT2D eigenvalue weighted by Crippen LogP contribution is -2.31. The minimum Gasteiger partial charge on any atom is -0.394 e. The van der Waals surface area contributed by atoms with E-state index in [0.717, 1.165) is 18.5 Å². The predicted molar refractivity (Wildman–Crippen MR) is 139 cm³/mol. The Hall–Kier alpha value is -4.42. The highest BCUT2D eigenvalue weighted by Crippen LogP contribution is 2.39. The van der Waals surface area contributed by atoms with Crippen LogP contribution in [0.3, 0.4) is 0 Å². The number of amides is 1. The van der Waals surface area contributed by atoms with Gasteiger partial charge < -0.3 is 26.2 Å². The number of rotatable bonds is 11. The molecule has 0 radical (unpaired) electrons. The molecule has 2 aromatic heterocycles. The van der Waals surface area contributed by atoms with Gasteiger partial charge in [-0.2, -0.15) is 10.1 Å². The number of hydrogen-bond donors (Lipinski definition) is 6. The SMILES string of the molecule is O=C(N[C@@H](CO)c1ccc(F)cc1)c1cc(Nc2cc(C3CC3)[nH]n2)nc(N[C@@H](CO)c2ccc(F)cc2)n1.